The van der Waals surface area contributed by atoms with Gasteiger partial charge < -0.3 is 24.2 Å². The van der Waals surface area contributed by atoms with Crippen molar-refractivity contribution in [3.63, 3.8) is 0 Å². The number of alkyl halides is 8. The van der Waals surface area contributed by atoms with Crippen LogP contribution in [0.2, 0.25) is 0 Å². The number of rotatable bonds is 7. The molecule has 0 spiro atoms. The molecule has 51 heavy (non-hydrogen) atoms. The first kappa shape index (κ1) is 38.0. The summed E-state index contributed by atoms with van der Waals surface area (Å²) < 4.78 is 126. The SMILES string of the molecule is CC(C)(COc1ccn(-c2ncc3nc2-c2ccccc2C(F)(F)COCCCN(CCC(O)C(F)(F)F)c2cccc(n2)SN3)n1)C(F)(F)F. The summed E-state index contributed by atoms with van der Waals surface area (Å²) >= 11 is 0.973. The van der Waals surface area contributed by atoms with Crippen LogP contribution in [0.1, 0.15) is 32.3 Å². The fourth-order valence-corrected chi connectivity index (χ4v) is 5.38. The van der Waals surface area contributed by atoms with Gasteiger partial charge in [0.2, 0.25) is 5.88 Å². The van der Waals surface area contributed by atoms with Crippen LogP contribution >= 0.6 is 11.9 Å². The Kier molecular flexibility index (Phi) is 11.3. The molecule has 19 heteroatoms. The number of hydrogen-bond donors (Lipinski definition) is 2. The summed E-state index contributed by atoms with van der Waals surface area (Å²) in [6.07, 6.45) is -9.77. The molecule has 1 aliphatic heterocycles. The highest BCUT2D eigenvalue weighted by Gasteiger charge is 2.48. The Morgan fingerprint density at radius 1 is 1.04 bits per heavy atom. The molecule has 1 aliphatic rings. The molecular weight excluding hydrogens is 714 g/mol. The Morgan fingerprint density at radius 2 is 1.80 bits per heavy atom. The smallest absolute Gasteiger partial charge is 0.414 e. The lowest BCUT2D eigenvalue weighted by molar-refractivity contribution is -0.219. The van der Waals surface area contributed by atoms with Crippen LogP contribution in [-0.4, -0.2) is 81.2 Å². The van der Waals surface area contributed by atoms with Crippen molar-refractivity contribution in [1.29, 1.82) is 0 Å². The molecule has 10 nitrogen and oxygen atoms in total. The Hall–Kier alpha value is -4.23. The van der Waals surface area contributed by atoms with E-state index in [1.165, 1.54) is 47.6 Å². The lowest BCUT2D eigenvalue weighted by atomic mass is 9.94. The van der Waals surface area contributed by atoms with E-state index in [9.17, 15) is 31.4 Å². The maximum Gasteiger partial charge on any atom is 0.414 e. The molecule has 5 rings (SSSR count). The molecule has 3 aromatic heterocycles. The molecule has 0 amide bonds. The third-order valence-corrected chi connectivity index (χ3v) is 8.55. The van der Waals surface area contributed by atoms with Crippen molar-refractivity contribution >= 4 is 23.6 Å². The number of hydrogen-bond acceptors (Lipinski definition) is 10. The zero-order valence-electron chi connectivity index (χ0n) is 27.2. The first-order valence-corrected chi connectivity index (χ1v) is 16.3. The maximum atomic E-state index is 15.8. The van der Waals surface area contributed by atoms with E-state index in [-0.39, 0.29) is 60.7 Å². The van der Waals surface area contributed by atoms with Gasteiger partial charge in [-0.3, -0.25) is 0 Å². The van der Waals surface area contributed by atoms with E-state index in [1.807, 2.05) is 0 Å². The Bertz CT molecular complexity index is 1790. The van der Waals surface area contributed by atoms with Crippen LogP contribution in [0.4, 0.5) is 46.8 Å². The summed E-state index contributed by atoms with van der Waals surface area (Å²) in [5.41, 5.74) is -2.72. The predicted octanol–water partition coefficient (Wildman–Crippen LogP) is 7.44. The second kappa shape index (κ2) is 15.2. The van der Waals surface area contributed by atoms with Crippen LogP contribution in [0, 0.1) is 5.41 Å². The highest BCUT2D eigenvalue weighted by atomic mass is 32.2. The van der Waals surface area contributed by atoms with Gasteiger partial charge in [0.05, 0.1) is 11.6 Å². The van der Waals surface area contributed by atoms with Crippen molar-refractivity contribution in [2.24, 2.45) is 5.41 Å². The number of ether oxygens (including phenoxy) is 2. The third kappa shape index (κ3) is 9.36. The molecule has 4 bridgehead atoms. The number of aliphatic hydroxyl groups excluding tert-OH is 1. The Balaban J connectivity index is 1.49. The van der Waals surface area contributed by atoms with Crippen molar-refractivity contribution in [3.05, 3.63) is 66.5 Å². The fourth-order valence-electron chi connectivity index (χ4n) is 4.79. The first-order valence-electron chi connectivity index (χ1n) is 15.5. The van der Waals surface area contributed by atoms with Gasteiger partial charge in [-0.2, -0.15) is 35.1 Å². The second-order valence-corrected chi connectivity index (χ2v) is 13.1. The first-order chi connectivity index (χ1) is 23.9. The number of benzene rings is 1. The van der Waals surface area contributed by atoms with E-state index in [4.69, 9.17) is 9.47 Å². The predicted molar refractivity (Wildman–Crippen MR) is 172 cm³/mol. The van der Waals surface area contributed by atoms with Gasteiger partial charge in [-0.1, -0.05) is 30.3 Å². The largest absolute Gasteiger partial charge is 0.476 e. The van der Waals surface area contributed by atoms with Crippen molar-refractivity contribution in [2.75, 3.05) is 42.5 Å². The van der Waals surface area contributed by atoms with Crippen molar-refractivity contribution in [1.82, 2.24) is 24.7 Å². The number of aromatic nitrogens is 5. The van der Waals surface area contributed by atoms with Gasteiger partial charge in [-0.05, 0) is 38.8 Å². The molecule has 2 N–H and O–H groups in total. The molecular formula is C32H33F8N7O3S. The number of anilines is 2. The second-order valence-electron chi connectivity index (χ2n) is 12.2. The summed E-state index contributed by atoms with van der Waals surface area (Å²) in [6, 6.07) is 11.7. The van der Waals surface area contributed by atoms with Gasteiger partial charge in [0.1, 0.15) is 29.8 Å². The number of aliphatic hydroxyl groups is 1. The van der Waals surface area contributed by atoms with Crippen LogP contribution in [0.15, 0.2) is 66.0 Å². The van der Waals surface area contributed by atoms with Gasteiger partial charge in [-0.15, -0.1) is 5.10 Å². The zero-order valence-corrected chi connectivity index (χ0v) is 28.0. The molecule has 1 unspecified atom stereocenters. The minimum absolute atomic E-state index is 0.0303. The molecule has 1 aromatic carbocycles. The summed E-state index contributed by atoms with van der Waals surface area (Å²) in [6.45, 7) is -0.119. The zero-order chi connectivity index (χ0) is 37.0. The van der Waals surface area contributed by atoms with Crippen LogP contribution in [-0.2, 0) is 10.7 Å². The standard InChI is InChI=1S/C32H33F8N7O3S/c1-29(2,32(38,39)40)18-50-25-12-15-47(44-25)28-27-20-7-3-4-8-21(20)30(33,34)19-49-16-6-13-46(14-11-22(48)31(35,36)37)24-9-5-10-26(43-24)51-45-23(42-27)17-41-28/h3-5,7-10,12,15,17,22,48H,6,11,13-14,16,18-19H2,1-2H3,(H,42,45). The lowest BCUT2D eigenvalue weighted by Gasteiger charge is -2.26. The summed E-state index contributed by atoms with van der Waals surface area (Å²) in [4.78, 5) is 15.0. The van der Waals surface area contributed by atoms with Crippen molar-refractivity contribution < 1.29 is 49.7 Å². The van der Waals surface area contributed by atoms with E-state index in [0.29, 0.717) is 5.03 Å². The van der Waals surface area contributed by atoms with Crippen LogP contribution in [0.25, 0.3) is 17.1 Å². The molecule has 0 saturated carbocycles. The third-order valence-electron chi connectivity index (χ3n) is 7.80. The van der Waals surface area contributed by atoms with E-state index in [1.54, 1.807) is 18.2 Å². The molecule has 276 valence electrons. The normalized spacial score (nSPS) is 16.5. The highest BCUT2D eigenvalue weighted by molar-refractivity contribution is 8.00. The number of halogens is 8. The van der Waals surface area contributed by atoms with Crippen LogP contribution in [0.3, 0.4) is 0 Å². The van der Waals surface area contributed by atoms with E-state index >= 15 is 8.78 Å². The lowest BCUT2D eigenvalue weighted by Crippen LogP contribution is -2.37. The minimum atomic E-state index is -4.81. The van der Waals surface area contributed by atoms with Crippen molar-refractivity contribution in [2.45, 2.75) is 56.1 Å². The summed E-state index contributed by atoms with van der Waals surface area (Å²) in [5, 5.41) is 14.1. The number of fused-ring (bicyclic) bond motifs is 6. The van der Waals surface area contributed by atoms with Crippen LogP contribution < -0.4 is 14.4 Å². The molecule has 4 aromatic rings. The maximum absolute atomic E-state index is 15.8. The van der Waals surface area contributed by atoms with Gasteiger partial charge in [0.25, 0.3) is 5.92 Å². The Morgan fingerprint density at radius 3 is 2.55 bits per heavy atom. The molecule has 1 atom stereocenters. The topological polar surface area (TPSA) is 110 Å². The highest BCUT2D eigenvalue weighted by Crippen LogP contribution is 2.39. The molecule has 0 radical (unpaired) electrons. The number of nitrogens with zero attached hydrogens (tertiary/aromatic N) is 6. The average Bonchev–Trinajstić information content (AvgIpc) is 3.55. The number of nitrogens with one attached hydrogen (secondary N) is 1. The van der Waals surface area contributed by atoms with E-state index in [0.717, 1.165) is 30.5 Å². The van der Waals surface area contributed by atoms with Crippen molar-refractivity contribution in [3.8, 4) is 23.0 Å². The number of pyridine rings is 1. The van der Waals surface area contributed by atoms with Gasteiger partial charge in [-0.25, -0.2) is 19.6 Å². The van der Waals surface area contributed by atoms with E-state index in [2.05, 4.69) is 24.8 Å². The molecule has 0 fully saturated rings. The van der Waals surface area contributed by atoms with Gasteiger partial charge in [0.15, 0.2) is 17.7 Å². The van der Waals surface area contributed by atoms with Gasteiger partial charge in [0, 0.05) is 55.0 Å². The van der Waals surface area contributed by atoms with E-state index < -0.39 is 55.0 Å². The molecule has 0 saturated heterocycles. The molecule has 4 heterocycles. The van der Waals surface area contributed by atoms with Gasteiger partial charge >= 0.3 is 12.4 Å². The molecule has 0 aliphatic carbocycles. The van der Waals surface area contributed by atoms with Crippen LogP contribution in [0.5, 0.6) is 5.88 Å². The fraction of sp³-hybridized carbons (Fsp3) is 0.438. The summed E-state index contributed by atoms with van der Waals surface area (Å²) in [5.74, 6) is -3.37. The monoisotopic (exact) mass is 747 g/mol. The Labute approximate surface area is 291 Å². The summed E-state index contributed by atoms with van der Waals surface area (Å²) in [7, 11) is 0. The minimum Gasteiger partial charge on any atom is -0.476 e. The average molecular weight is 748 g/mol. The quantitative estimate of drug-likeness (QED) is 0.146.